The Hall–Kier alpha value is -4.26. The molecule has 0 saturated heterocycles. The molecule has 37 heavy (non-hydrogen) atoms. The minimum absolute atomic E-state index is 0.000716. The number of rotatable bonds is 11. The lowest BCUT2D eigenvalue weighted by molar-refractivity contribution is 0.0971. The smallest absolute Gasteiger partial charge is 0.283 e. The minimum atomic E-state index is -4.37. The van der Waals surface area contributed by atoms with Gasteiger partial charge in [-0.2, -0.15) is 5.10 Å². The van der Waals surface area contributed by atoms with Crippen LogP contribution < -0.4 is 20.5 Å². The Balaban J connectivity index is 2.00. The van der Waals surface area contributed by atoms with Crippen molar-refractivity contribution in [1.82, 2.24) is 19.5 Å². The van der Waals surface area contributed by atoms with Gasteiger partial charge in [0.2, 0.25) is 0 Å². The SMILES string of the molecule is CCCOc1ccc(S(=O)(=O)NC(=O)c2ccccn2)cc1C(=O)Nc1c(CCC)nn(C)c1C(N)=O. The highest BCUT2D eigenvalue weighted by Crippen LogP contribution is 2.27. The molecular weight excluding hydrogens is 500 g/mol. The van der Waals surface area contributed by atoms with E-state index in [1.807, 2.05) is 18.6 Å². The number of ether oxygens (including phenoxy) is 1. The summed E-state index contributed by atoms with van der Waals surface area (Å²) in [6, 6.07) is 8.13. The normalized spacial score (nSPS) is 11.1. The van der Waals surface area contributed by atoms with Crippen LogP contribution in [0.15, 0.2) is 47.5 Å². The van der Waals surface area contributed by atoms with Crippen LogP contribution in [0.3, 0.4) is 0 Å². The number of carbonyl (C=O) groups excluding carboxylic acids is 3. The molecule has 0 aliphatic rings. The van der Waals surface area contributed by atoms with Crippen LogP contribution in [0.2, 0.25) is 0 Å². The van der Waals surface area contributed by atoms with Crippen molar-refractivity contribution in [1.29, 1.82) is 0 Å². The number of benzene rings is 1. The van der Waals surface area contributed by atoms with Gasteiger partial charge in [0.15, 0.2) is 0 Å². The van der Waals surface area contributed by atoms with E-state index in [1.54, 1.807) is 12.1 Å². The van der Waals surface area contributed by atoms with Gasteiger partial charge < -0.3 is 15.8 Å². The first kappa shape index (κ1) is 27.3. The Labute approximate surface area is 214 Å². The van der Waals surface area contributed by atoms with Gasteiger partial charge in [-0.05, 0) is 43.2 Å². The molecule has 0 radical (unpaired) electrons. The molecule has 0 unspecified atom stereocenters. The van der Waals surface area contributed by atoms with Crippen molar-refractivity contribution in [2.75, 3.05) is 11.9 Å². The van der Waals surface area contributed by atoms with Crippen molar-refractivity contribution in [2.24, 2.45) is 12.8 Å². The van der Waals surface area contributed by atoms with Gasteiger partial charge in [-0.25, -0.2) is 13.1 Å². The van der Waals surface area contributed by atoms with E-state index in [-0.39, 0.29) is 39.9 Å². The van der Waals surface area contributed by atoms with Crippen molar-refractivity contribution >= 4 is 33.4 Å². The zero-order chi connectivity index (χ0) is 27.2. The lowest BCUT2D eigenvalue weighted by Gasteiger charge is -2.14. The average Bonchev–Trinajstić information content (AvgIpc) is 3.17. The molecule has 1 aromatic carbocycles. The number of aromatic nitrogens is 3. The quantitative estimate of drug-likeness (QED) is 0.339. The summed E-state index contributed by atoms with van der Waals surface area (Å²) in [7, 11) is -2.84. The summed E-state index contributed by atoms with van der Waals surface area (Å²) in [5.41, 5.74) is 5.89. The second-order valence-corrected chi connectivity index (χ2v) is 9.70. The first-order chi connectivity index (χ1) is 17.6. The largest absolute Gasteiger partial charge is 0.493 e. The highest BCUT2D eigenvalue weighted by Gasteiger charge is 2.26. The van der Waals surface area contributed by atoms with Crippen LogP contribution in [0.5, 0.6) is 5.75 Å². The van der Waals surface area contributed by atoms with Crippen LogP contribution in [0, 0.1) is 0 Å². The molecule has 3 amide bonds. The van der Waals surface area contributed by atoms with E-state index >= 15 is 0 Å². The molecule has 3 aromatic rings. The van der Waals surface area contributed by atoms with Crippen molar-refractivity contribution in [2.45, 2.75) is 38.0 Å². The molecule has 0 aliphatic heterocycles. The van der Waals surface area contributed by atoms with Crippen LogP contribution in [-0.4, -0.2) is 47.5 Å². The Morgan fingerprint density at radius 1 is 1.08 bits per heavy atom. The standard InChI is InChI=1S/C24H28N6O6S/c1-4-8-17-20(21(22(25)31)30(3)28-17)27-23(32)16-14-15(10-11-19(16)36-13-5-2)37(34,35)29-24(33)18-9-6-7-12-26-18/h6-7,9-12,14H,4-5,8,13H2,1-3H3,(H2,25,31)(H,27,32)(H,29,33). The molecule has 196 valence electrons. The third-order valence-corrected chi connectivity index (χ3v) is 6.50. The molecule has 0 saturated carbocycles. The number of amides is 3. The fraction of sp³-hybridized carbons (Fsp3) is 0.292. The topological polar surface area (TPSA) is 175 Å². The number of aryl methyl sites for hydroxylation is 2. The van der Waals surface area contributed by atoms with E-state index in [9.17, 15) is 22.8 Å². The highest BCUT2D eigenvalue weighted by atomic mass is 32.2. The average molecular weight is 529 g/mol. The number of nitrogens with zero attached hydrogens (tertiary/aromatic N) is 3. The van der Waals surface area contributed by atoms with Gasteiger partial charge in [-0.15, -0.1) is 0 Å². The third kappa shape index (κ3) is 6.30. The van der Waals surface area contributed by atoms with Gasteiger partial charge in [0.05, 0.1) is 28.4 Å². The summed E-state index contributed by atoms with van der Waals surface area (Å²) in [4.78, 5) is 41.3. The maximum Gasteiger partial charge on any atom is 0.283 e. The van der Waals surface area contributed by atoms with Crippen LogP contribution in [0.4, 0.5) is 5.69 Å². The van der Waals surface area contributed by atoms with E-state index in [2.05, 4.69) is 15.4 Å². The minimum Gasteiger partial charge on any atom is -0.493 e. The number of carbonyl (C=O) groups is 3. The molecular formula is C24H28N6O6S. The summed E-state index contributed by atoms with van der Waals surface area (Å²) in [5, 5.41) is 6.93. The Morgan fingerprint density at radius 2 is 1.84 bits per heavy atom. The maximum absolute atomic E-state index is 13.4. The summed E-state index contributed by atoms with van der Waals surface area (Å²) in [6.07, 6.45) is 3.14. The summed E-state index contributed by atoms with van der Waals surface area (Å²) < 4.78 is 34.8. The number of pyridine rings is 1. The third-order valence-electron chi connectivity index (χ3n) is 5.17. The molecule has 0 spiro atoms. The summed E-state index contributed by atoms with van der Waals surface area (Å²) >= 11 is 0. The molecule has 0 aliphatic carbocycles. The number of hydrogen-bond donors (Lipinski definition) is 3. The van der Waals surface area contributed by atoms with Gasteiger partial charge in [0.1, 0.15) is 17.1 Å². The molecule has 4 N–H and O–H groups in total. The number of nitrogens with one attached hydrogen (secondary N) is 2. The van der Waals surface area contributed by atoms with Crippen molar-refractivity contribution in [3.63, 3.8) is 0 Å². The second kappa shape index (κ2) is 11.6. The highest BCUT2D eigenvalue weighted by molar-refractivity contribution is 7.90. The molecule has 2 aromatic heterocycles. The summed E-state index contributed by atoms with van der Waals surface area (Å²) in [5.74, 6) is -2.34. The Bertz CT molecular complexity index is 1420. The number of anilines is 1. The number of sulfonamides is 1. The van der Waals surface area contributed by atoms with Crippen LogP contribution in [-0.2, 0) is 23.5 Å². The second-order valence-electron chi connectivity index (χ2n) is 8.02. The van der Waals surface area contributed by atoms with E-state index < -0.39 is 27.7 Å². The van der Waals surface area contributed by atoms with Crippen molar-refractivity contribution in [3.05, 3.63) is 65.2 Å². The predicted octanol–water partition coefficient (Wildman–Crippen LogP) is 2.03. The number of primary amides is 1. The zero-order valence-corrected chi connectivity index (χ0v) is 21.5. The zero-order valence-electron chi connectivity index (χ0n) is 20.6. The van der Waals surface area contributed by atoms with E-state index in [1.165, 1.54) is 36.1 Å². The Morgan fingerprint density at radius 3 is 2.46 bits per heavy atom. The van der Waals surface area contributed by atoms with Gasteiger partial charge in [-0.1, -0.05) is 26.3 Å². The van der Waals surface area contributed by atoms with Crippen molar-refractivity contribution < 1.29 is 27.5 Å². The van der Waals surface area contributed by atoms with Gasteiger partial charge >= 0.3 is 0 Å². The lowest BCUT2D eigenvalue weighted by atomic mass is 10.1. The summed E-state index contributed by atoms with van der Waals surface area (Å²) in [6.45, 7) is 4.05. The van der Waals surface area contributed by atoms with E-state index in [0.717, 1.165) is 6.07 Å². The van der Waals surface area contributed by atoms with Gasteiger partial charge in [0.25, 0.3) is 27.7 Å². The molecule has 13 heteroatoms. The van der Waals surface area contributed by atoms with E-state index in [0.29, 0.717) is 25.0 Å². The lowest BCUT2D eigenvalue weighted by Crippen LogP contribution is -2.31. The monoisotopic (exact) mass is 528 g/mol. The van der Waals surface area contributed by atoms with Crippen LogP contribution >= 0.6 is 0 Å². The number of hydrogen-bond acceptors (Lipinski definition) is 8. The van der Waals surface area contributed by atoms with Crippen molar-refractivity contribution in [3.8, 4) is 5.75 Å². The van der Waals surface area contributed by atoms with Gasteiger partial charge in [0, 0.05) is 13.2 Å². The maximum atomic E-state index is 13.4. The molecule has 0 bridgehead atoms. The predicted molar refractivity (Wildman–Crippen MR) is 135 cm³/mol. The first-order valence-corrected chi connectivity index (χ1v) is 13.0. The van der Waals surface area contributed by atoms with E-state index in [4.69, 9.17) is 10.5 Å². The fourth-order valence-electron chi connectivity index (χ4n) is 3.51. The van der Waals surface area contributed by atoms with Gasteiger partial charge in [-0.3, -0.25) is 24.0 Å². The molecule has 2 heterocycles. The first-order valence-electron chi connectivity index (χ1n) is 11.5. The van der Waals surface area contributed by atoms with Crippen LogP contribution in [0.25, 0.3) is 0 Å². The molecule has 0 fully saturated rings. The fourth-order valence-corrected chi connectivity index (χ4v) is 4.49. The molecule has 0 atom stereocenters. The molecule has 12 nitrogen and oxygen atoms in total. The van der Waals surface area contributed by atoms with Crippen LogP contribution in [0.1, 0.15) is 63.7 Å². The number of nitrogens with two attached hydrogens (primary N) is 1. The Kier molecular flexibility index (Phi) is 8.60. The molecule has 3 rings (SSSR count).